The molecule has 0 aromatic heterocycles. The number of hydrogen-bond donors (Lipinski definition) is 3. The van der Waals surface area contributed by atoms with Crippen LogP contribution < -0.4 is 16.0 Å². The molecule has 1 aliphatic heterocycles. The van der Waals surface area contributed by atoms with Gasteiger partial charge in [-0.15, -0.1) is 0 Å². The number of nitrogens with zero attached hydrogens (tertiary/aromatic N) is 1. The van der Waals surface area contributed by atoms with Gasteiger partial charge in [-0.1, -0.05) is 0 Å². The number of rotatable bonds is 4. The molecule has 0 aliphatic carbocycles. The van der Waals surface area contributed by atoms with E-state index in [1.807, 2.05) is 0 Å². The van der Waals surface area contributed by atoms with Gasteiger partial charge in [0, 0.05) is 25.3 Å². The summed E-state index contributed by atoms with van der Waals surface area (Å²) in [6.45, 7) is 0.118. The Hall–Kier alpha value is -2.71. The second-order valence-corrected chi connectivity index (χ2v) is 5.33. The van der Waals surface area contributed by atoms with Gasteiger partial charge in [0.2, 0.25) is 11.8 Å². The number of hydrogen-bond acceptors (Lipinski definition) is 3. The summed E-state index contributed by atoms with van der Waals surface area (Å²) in [4.78, 5) is 36.9. The van der Waals surface area contributed by atoms with E-state index in [4.69, 9.17) is 0 Å². The number of likely N-dealkylation sites (N-methyl/N-ethyl adjacent to an activating group) is 1. The number of amides is 4. The monoisotopic (exact) mass is 340 g/mol. The van der Waals surface area contributed by atoms with Crippen molar-refractivity contribution in [2.24, 2.45) is 0 Å². The van der Waals surface area contributed by atoms with Gasteiger partial charge >= 0.3 is 6.03 Å². The number of likely N-dealkylation sites (tertiary alicyclic amines) is 1. The van der Waals surface area contributed by atoms with Crippen molar-refractivity contribution in [2.45, 2.75) is 18.9 Å². The lowest BCUT2D eigenvalue weighted by Crippen LogP contribution is -2.48. The summed E-state index contributed by atoms with van der Waals surface area (Å²) in [6.07, 6.45) is 1.28. The molecule has 1 atom stereocenters. The van der Waals surface area contributed by atoms with Crippen molar-refractivity contribution in [2.75, 3.05) is 25.5 Å². The van der Waals surface area contributed by atoms with Gasteiger partial charge in [0.25, 0.3) is 0 Å². The lowest BCUT2D eigenvalue weighted by atomic mass is 10.2. The Kier molecular flexibility index (Phi) is 5.67. The maximum Gasteiger partial charge on any atom is 0.319 e. The highest BCUT2D eigenvalue weighted by Gasteiger charge is 2.33. The standard InChI is InChI=1S/C15H18F2N4O3/c1-18-14(23)12-3-2-4-21(12)13(22)8-19-15(24)20-11-6-9(16)5-10(17)7-11/h5-7,12H,2-4,8H2,1H3,(H,18,23)(H2,19,20,24). The average molecular weight is 340 g/mol. The molecule has 1 aromatic rings. The second kappa shape index (κ2) is 7.71. The maximum atomic E-state index is 13.0. The minimum absolute atomic E-state index is 0.0677. The van der Waals surface area contributed by atoms with E-state index in [0.29, 0.717) is 25.5 Å². The lowest BCUT2D eigenvalue weighted by molar-refractivity contribution is -0.137. The third-order valence-electron chi connectivity index (χ3n) is 3.64. The molecule has 2 rings (SSSR count). The van der Waals surface area contributed by atoms with Crippen LogP contribution in [-0.2, 0) is 9.59 Å². The van der Waals surface area contributed by atoms with Gasteiger partial charge < -0.3 is 20.9 Å². The van der Waals surface area contributed by atoms with Crippen LogP contribution >= 0.6 is 0 Å². The highest BCUT2D eigenvalue weighted by Crippen LogP contribution is 2.17. The van der Waals surface area contributed by atoms with Crippen LogP contribution in [0.1, 0.15) is 12.8 Å². The summed E-state index contributed by atoms with van der Waals surface area (Å²) in [6, 6.07) is 1.27. The zero-order valence-corrected chi connectivity index (χ0v) is 13.1. The number of urea groups is 1. The molecule has 1 unspecified atom stereocenters. The topological polar surface area (TPSA) is 90.5 Å². The van der Waals surface area contributed by atoms with Crippen molar-refractivity contribution < 1.29 is 23.2 Å². The van der Waals surface area contributed by atoms with E-state index in [-0.39, 0.29) is 18.1 Å². The molecule has 0 saturated carbocycles. The fourth-order valence-electron chi connectivity index (χ4n) is 2.56. The first-order valence-corrected chi connectivity index (χ1v) is 7.42. The minimum Gasteiger partial charge on any atom is -0.357 e. The van der Waals surface area contributed by atoms with Gasteiger partial charge in [-0.3, -0.25) is 9.59 Å². The van der Waals surface area contributed by atoms with E-state index in [2.05, 4.69) is 16.0 Å². The molecule has 1 fully saturated rings. The molecule has 0 radical (unpaired) electrons. The molecule has 4 amide bonds. The Balaban J connectivity index is 1.87. The van der Waals surface area contributed by atoms with Gasteiger partial charge in [0.15, 0.2) is 0 Å². The summed E-state index contributed by atoms with van der Waals surface area (Å²) >= 11 is 0. The Morgan fingerprint density at radius 3 is 2.50 bits per heavy atom. The molecule has 9 heteroatoms. The predicted molar refractivity (Wildman–Crippen MR) is 82.2 cm³/mol. The Bertz CT molecular complexity index is 633. The second-order valence-electron chi connectivity index (χ2n) is 5.33. The third-order valence-corrected chi connectivity index (χ3v) is 3.64. The van der Waals surface area contributed by atoms with Crippen molar-refractivity contribution in [3.8, 4) is 0 Å². The summed E-state index contributed by atoms with van der Waals surface area (Å²) in [5.41, 5.74) is -0.0677. The van der Waals surface area contributed by atoms with Crippen molar-refractivity contribution in [1.82, 2.24) is 15.5 Å². The van der Waals surface area contributed by atoms with Crippen LogP contribution in [-0.4, -0.2) is 48.9 Å². The normalized spacial score (nSPS) is 16.6. The summed E-state index contributed by atoms with van der Waals surface area (Å²) < 4.78 is 26.1. The van der Waals surface area contributed by atoms with Gasteiger partial charge in [0.05, 0.1) is 6.54 Å². The van der Waals surface area contributed by atoms with Crippen LogP contribution in [0.4, 0.5) is 19.3 Å². The Morgan fingerprint density at radius 1 is 1.21 bits per heavy atom. The summed E-state index contributed by atoms with van der Waals surface area (Å²) in [5, 5.41) is 7.04. The first kappa shape index (κ1) is 17.6. The van der Waals surface area contributed by atoms with E-state index in [0.717, 1.165) is 12.1 Å². The van der Waals surface area contributed by atoms with Gasteiger partial charge in [-0.25, -0.2) is 13.6 Å². The number of benzene rings is 1. The molecule has 1 aliphatic rings. The molecular formula is C15H18F2N4O3. The molecule has 24 heavy (non-hydrogen) atoms. The average Bonchev–Trinajstić information content (AvgIpc) is 3.00. The zero-order valence-electron chi connectivity index (χ0n) is 13.1. The molecule has 1 heterocycles. The van der Waals surface area contributed by atoms with Crippen molar-refractivity contribution in [1.29, 1.82) is 0 Å². The fourth-order valence-corrected chi connectivity index (χ4v) is 2.56. The smallest absolute Gasteiger partial charge is 0.319 e. The van der Waals surface area contributed by atoms with Gasteiger partial charge in [0.1, 0.15) is 17.7 Å². The van der Waals surface area contributed by atoms with E-state index in [1.165, 1.54) is 11.9 Å². The molecule has 7 nitrogen and oxygen atoms in total. The van der Waals surface area contributed by atoms with Crippen LogP contribution in [0, 0.1) is 11.6 Å². The molecule has 1 aromatic carbocycles. The summed E-state index contributed by atoms with van der Waals surface area (Å²) in [5.74, 6) is -2.30. The number of anilines is 1. The van der Waals surface area contributed by atoms with Crippen LogP contribution in [0.3, 0.4) is 0 Å². The number of carbonyl (C=O) groups is 3. The molecular weight excluding hydrogens is 322 g/mol. The lowest BCUT2D eigenvalue weighted by Gasteiger charge is -2.23. The SMILES string of the molecule is CNC(=O)C1CCCN1C(=O)CNC(=O)Nc1cc(F)cc(F)c1. The first-order chi connectivity index (χ1) is 11.4. The van der Waals surface area contributed by atoms with Crippen molar-refractivity contribution in [3.05, 3.63) is 29.8 Å². The fraction of sp³-hybridized carbons (Fsp3) is 0.400. The predicted octanol–water partition coefficient (Wildman–Crippen LogP) is 0.823. The van der Waals surface area contributed by atoms with Gasteiger partial charge in [-0.2, -0.15) is 0 Å². The largest absolute Gasteiger partial charge is 0.357 e. The highest BCUT2D eigenvalue weighted by molar-refractivity contribution is 5.93. The highest BCUT2D eigenvalue weighted by atomic mass is 19.1. The molecule has 3 N–H and O–H groups in total. The van der Waals surface area contributed by atoms with Crippen molar-refractivity contribution in [3.63, 3.8) is 0 Å². The van der Waals surface area contributed by atoms with E-state index in [1.54, 1.807) is 0 Å². The molecule has 0 bridgehead atoms. The number of nitrogens with one attached hydrogen (secondary N) is 3. The first-order valence-electron chi connectivity index (χ1n) is 7.42. The number of halogens is 2. The van der Waals surface area contributed by atoms with Crippen LogP contribution in [0.15, 0.2) is 18.2 Å². The maximum absolute atomic E-state index is 13.0. The van der Waals surface area contributed by atoms with E-state index >= 15 is 0 Å². The van der Waals surface area contributed by atoms with Crippen LogP contribution in [0.2, 0.25) is 0 Å². The van der Waals surface area contributed by atoms with Crippen LogP contribution in [0.25, 0.3) is 0 Å². The third kappa shape index (κ3) is 4.40. The van der Waals surface area contributed by atoms with Crippen molar-refractivity contribution >= 4 is 23.5 Å². The van der Waals surface area contributed by atoms with E-state index < -0.39 is 29.6 Å². The van der Waals surface area contributed by atoms with Gasteiger partial charge in [-0.05, 0) is 25.0 Å². The van der Waals surface area contributed by atoms with Crippen LogP contribution in [0.5, 0.6) is 0 Å². The quantitative estimate of drug-likeness (QED) is 0.758. The molecule has 0 spiro atoms. The summed E-state index contributed by atoms with van der Waals surface area (Å²) in [7, 11) is 1.49. The van der Waals surface area contributed by atoms with E-state index in [9.17, 15) is 23.2 Å². The zero-order chi connectivity index (χ0) is 17.7. The Labute approximate surface area is 137 Å². The minimum atomic E-state index is -0.827. The number of carbonyl (C=O) groups excluding carboxylic acids is 3. The molecule has 1 saturated heterocycles. The Morgan fingerprint density at radius 2 is 1.88 bits per heavy atom. The molecule has 130 valence electrons.